The van der Waals surface area contributed by atoms with Crippen molar-refractivity contribution in [3.8, 4) is 0 Å². The number of imide groups is 1. The number of hydrogen-bond donors (Lipinski definition) is 12. The van der Waals surface area contributed by atoms with Crippen molar-refractivity contribution < 1.29 is 43.5 Å². The standard InChI is InChI=1S/C30H36N14O4.C10H15NO3S.C6H12N2O2.C4H10.C3H8.C2H6/c1-35-17-5-6-19(20(12-17)24(31)42-43-34)28(46)36-9-2-3-21(29(47)48)39-27(45)16-4-7-22-15(11-16)8-10-44(22)14-18-13-37-26-23(38-18)25(32)40-30(33)41-26;12-6-4-2-1-3-5-11-9(13)7-8(15)10(11)14;1-5(4-9)8-6(10)3-7-2;1-3-4-2;1-3-2;1-2/h4-7,11-13,21,35,43H,2-3,8-10,14,34H2,1H3,(H2,31,42)(H,36,46)(H,39,45)(H,47,48)(H4,32,33,37,40,41);6,8,15H,1-5,7H2;4-5,7H,3H2,1-2H3,(H,8,10);3-4H2,1-2H3;3H2,1-2H3;1-2H3. The summed E-state index contributed by atoms with van der Waals surface area (Å²) in [7, 11) is 3.39. The summed E-state index contributed by atoms with van der Waals surface area (Å²) in [5.41, 5.74) is 24.5. The number of nitrogens with zero attached hydrogens (tertiary/aromatic N) is 7. The van der Waals surface area contributed by atoms with Gasteiger partial charge in [-0.05, 0) is 88.0 Å². The number of thiol groups is 1. The number of hydrazone groups is 1. The van der Waals surface area contributed by atoms with Crippen LogP contribution in [0, 0.1) is 0 Å². The van der Waals surface area contributed by atoms with Gasteiger partial charge in [-0.25, -0.2) is 26.1 Å². The number of likely N-dealkylation sites (N-methyl/N-ethyl adjacent to an activating group) is 1. The fourth-order valence-electron chi connectivity index (χ4n) is 7.45. The summed E-state index contributed by atoms with van der Waals surface area (Å²) < 4.78 is 0. The van der Waals surface area contributed by atoms with Gasteiger partial charge in [0.1, 0.15) is 18.6 Å². The number of carbonyl (C=O) groups is 8. The number of carbonyl (C=O) groups excluding carboxylic acids is 7. The van der Waals surface area contributed by atoms with Crippen LogP contribution in [0.2, 0.25) is 0 Å². The molecule has 2 aliphatic heterocycles. The fraction of sp³-hybridized carbons (Fsp3) is 0.509. The van der Waals surface area contributed by atoms with E-state index in [9.17, 15) is 43.5 Å². The van der Waals surface area contributed by atoms with Crippen LogP contribution < -0.4 is 60.1 Å². The van der Waals surface area contributed by atoms with Crippen molar-refractivity contribution in [2.75, 3.05) is 62.0 Å². The molecule has 0 spiro atoms. The van der Waals surface area contributed by atoms with Gasteiger partial charge in [-0.15, -0.1) is 5.10 Å². The zero-order chi connectivity index (χ0) is 61.7. The molecule has 26 nitrogen and oxygen atoms in total. The smallest absolute Gasteiger partial charge is 0.326 e. The molecule has 5 amide bonds. The number of fused-ring (bicyclic) bond motifs is 2. The third-order valence-corrected chi connectivity index (χ3v) is 12.0. The van der Waals surface area contributed by atoms with E-state index in [0.29, 0.717) is 72.4 Å². The predicted molar refractivity (Wildman–Crippen MR) is 324 cm³/mol. The highest BCUT2D eigenvalue weighted by molar-refractivity contribution is 7.81. The van der Waals surface area contributed by atoms with Crippen LogP contribution in [-0.2, 0) is 41.7 Å². The molecule has 4 aromatic rings. The molecule has 0 saturated carbocycles. The Morgan fingerprint density at radius 1 is 0.915 bits per heavy atom. The number of aldehydes is 2. The van der Waals surface area contributed by atoms with E-state index in [1.807, 2.05) is 19.9 Å². The topological polar surface area (TPSA) is 403 Å². The lowest BCUT2D eigenvalue weighted by Gasteiger charge is -2.19. The van der Waals surface area contributed by atoms with Gasteiger partial charge in [-0.3, -0.25) is 28.9 Å². The molecule has 0 bridgehead atoms. The average molecular weight is 1160 g/mol. The van der Waals surface area contributed by atoms with Gasteiger partial charge in [0.05, 0.1) is 41.8 Å². The Kier molecular flexibility index (Phi) is 35.3. The maximum absolute atomic E-state index is 13.1. The lowest BCUT2D eigenvalue weighted by atomic mass is 10.0. The predicted octanol–water partition coefficient (Wildman–Crippen LogP) is 3.63. The SMILES string of the molecule is CC.CCC.CCCC.CNCC(=O)NC(C)C=O.CNc1ccc(C(=O)NCCCC(NC(=O)c2ccc3c(c2)CCN3Cc2cnc3nc(N)nc(N)c3n2)C(=O)O)c(/C(N)=N/NN)c1.O=CCCCCCN1C(=O)CC(S)C1=O. The van der Waals surface area contributed by atoms with Crippen LogP contribution in [0.3, 0.4) is 0 Å². The summed E-state index contributed by atoms with van der Waals surface area (Å²) >= 11 is 4.03. The number of nitrogens with two attached hydrogens (primary N) is 4. The number of carboxylic acid groups (broad SMARTS) is 1. The number of aliphatic carboxylic acids is 1. The minimum Gasteiger partial charge on any atom is -0.480 e. The molecule has 0 radical (unpaired) electrons. The molecule has 0 aliphatic carbocycles. The lowest BCUT2D eigenvalue weighted by molar-refractivity contribution is -0.140. The molecule has 1 fully saturated rings. The first kappa shape index (κ1) is 72.0. The lowest BCUT2D eigenvalue weighted by Crippen LogP contribution is -2.41. The number of rotatable bonds is 24. The van der Waals surface area contributed by atoms with E-state index < -0.39 is 29.1 Å². The van der Waals surface area contributed by atoms with E-state index in [1.165, 1.54) is 24.2 Å². The monoisotopic (exact) mass is 1160 g/mol. The second kappa shape index (κ2) is 40.2. The Morgan fingerprint density at radius 2 is 1.61 bits per heavy atom. The van der Waals surface area contributed by atoms with E-state index in [1.54, 1.807) is 57.5 Å². The molecule has 82 heavy (non-hydrogen) atoms. The molecule has 1 saturated heterocycles. The van der Waals surface area contributed by atoms with Gasteiger partial charge >= 0.3 is 5.97 Å². The van der Waals surface area contributed by atoms with E-state index in [-0.39, 0.29) is 79.3 Å². The van der Waals surface area contributed by atoms with Crippen LogP contribution in [0.4, 0.5) is 23.1 Å². The number of benzene rings is 2. The maximum Gasteiger partial charge on any atom is 0.326 e. The second-order valence-electron chi connectivity index (χ2n) is 18.3. The molecule has 2 aromatic carbocycles. The van der Waals surface area contributed by atoms with Crippen LogP contribution in [0.15, 0.2) is 47.7 Å². The molecule has 3 unspecified atom stereocenters. The number of nitrogens with one attached hydrogen (secondary N) is 6. The number of unbranched alkanes of at least 4 members (excludes halogenated alkanes) is 4. The largest absolute Gasteiger partial charge is 0.480 e. The average Bonchev–Trinajstić information content (AvgIpc) is 4.16. The van der Waals surface area contributed by atoms with Gasteiger partial charge < -0.3 is 63.4 Å². The van der Waals surface area contributed by atoms with Crippen LogP contribution in [0.25, 0.3) is 11.2 Å². The van der Waals surface area contributed by atoms with Gasteiger partial charge in [0.2, 0.25) is 23.7 Å². The normalized spacial score (nSPS) is 13.7. The van der Waals surface area contributed by atoms with Crippen molar-refractivity contribution >= 4 is 101 Å². The summed E-state index contributed by atoms with van der Waals surface area (Å²) in [6.45, 7) is 16.2. The van der Waals surface area contributed by atoms with Crippen molar-refractivity contribution in [3.63, 3.8) is 0 Å². The van der Waals surface area contributed by atoms with Crippen molar-refractivity contribution in [3.05, 3.63) is 70.5 Å². The number of hydrogen-bond acceptors (Lipinski definition) is 21. The number of likely N-dealkylation sites (tertiary alicyclic amines) is 1. The Hall–Kier alpha value is -8.04. The van der Waals surface area contributed by atoms with Gasteiger partial charge in [-0.2, -0.15) is 22.6 Å². The molecular formula is C55H87N17O9S. The minimum absolute atomic E-state index is 0.0133. The van der Waals surface area contributed by atoms with Crippen LogP contribution in [-0.4, -0.2) is 141 Å². The number of amidine groups is 1. The quantitative estimate of drug-likeness (QED) is 0.00696. The minimum atomic E-state index is -1.18. The first-order valence-corrected chi connectivity index (χ1v) is 28.0. The first-order valence-electron chi connectivity index (χ1n) is 27.5. The summed E-state index contributed by atoms with van der Waals surface area (Å²) in [6.07, 6.45) is 11.3. The number of hydrazine groups is 1. The van der Waals surface area contributed by atoms with Crippen molar-refractivity contribution in [2.45, 2.75) is 143 Å². The van der Waals surface area contributed by atoms with Crippen molar-refractivity contribution in [1.82, 2.24) is 51.6 Å². The highest BCUT2D eigenvalue weighted by Gasteiger charge is 2.35. The first-order chi connectivity index (χ1) is 39.3. The van der Waals surface area contributed by atoms with Crippen molar-refractivity contribution in [2.24, 2.45) is 16.7 Å². The van der Waals surface area contributed by atoms with Gasteiger partial charge in [0.25, 0.3) is 11.8 Å². The molecular weight excluding hydrogens is 1070 g/mol. The van der Waals surface area contributed by atoms with Crippen molar-refractivity contribution in [1.29, 1.82) is 0 Å². The number of amides is 5. The summed E-state index contributed by atoms with van der Waals surface area (Å²) in [6, 6.07) is 8.63. The Balaban J connectivity index is 0.000000801. The molecule has 3 atom stereocenters. The highest BCUT2D eigenvalue weighted by atomic mass is 32.1. The second-order valence-corrected chi connectivity index (χ2v) is 18.9. The Bertz CT molecular complexity index is 2710. The van der Waals surface area contributed by atoms with E-state index in [2.05, 4.69) is 102 Å². The van der Waals surface area contributed by atoms with Crippen LogP contribution in [0.5, 0.6) is 0 Å². The molecule has 27 heteroatoms. The van der Waals surface area contributed by atoms with E-state index in [0.717, 1.165) is 36.8 Å². The van der Waals surface area contributed by atoms with E-state index >= 15 is 0 Å². The van der Waals surface area contributed by atoms with Crippen LogP contribution in [0.1, 0.15) is 150 Å². The molecule has 15 N–H and O–H groups in total. The third kappa shape index (κ3) is 24.8. The zero-order valence-electron chi connectivity index (χ0n) is 48.8. The molecule has 2 aliphatic rings. The number of anilines is 4. The van der Waals surface area contributed by atoms with Gasteiger partial charge in [0, 0.05) is 62.0 Å². The Labute approximate surface area is 486 Å². The summed E-state index contributed by atoms with van der Waals surface area (Å²) in [5.74, 6) is 2.82. The molecule has 2 aromatic heterocycles. The summed E-state index contributed by atoms with van der Waals surface area (Å²) in [5, 5.41) is 26.5. The zero-order valence-corrected chi connectivity index (χ0v) is 49.7. The highest BCUT2D eigenvalue weighted by Crippen LogP contribution is 2.30. The summed E-state index contributed by atoms with van der Waals surface area (Å²) in [4.78, 5) is 112. The van der Waals surface area contributed by atoms with E-state index in [4.69, 9.17) is 23.0 Å². The van der Waals surface area contributed by atoms with Crippen LogP contribution >= 0.6 is 12.6 Å². The maximum atomic E-state index is 13.1. The number of carboxylic acids is 1. The van der Waals surface area contributed by atoms with Gasteiger partial charge in [0.15, 0.2) is 22.8 Å². The molecule has 4 heterocycles. The molecule has 6 rings (SSSR count). The Morgan fingerprint density at radius 3 is 2.20 bits per heavy atom. The number of aromatic nitrogens is 4. The fourth-order valence-corrected chi connectivity index (χ4v) is 7.74. The number of nitrogen functional groups attached to an aromatic ring is 2. The van der Waals surface area contributed by atoms with Gasteiger partial charge in [-0.1, -0.05) is 67.2 Å². The third-order valence-electron chi connectivity index (χ3n) is 11.6. The molecule has 452 valence electrons.